The Balaban J connectivity index is 1.98. The van der Waals surface area contributed by atoms with Crippen LogP contribution in [0.1, 0.15) is 18.9 Å². The average Bonchev–Trinajstić information content (AvgIpc) is 2.81. The second-order valence-corrected chi connectivity index (χ2v) is 8.47. The lowest BCUT2D eigenvalue weighted by Gasteiger charge is -2.26. The summed E-state index contributed by atoms with van der Waals surface area (Å²) in [7, 11) is 1.68. The van der Waals surface area contributed by atoms with Gasteiger partial charge in [0, 0.05) is 49.0 Å². The third-order valence-corrected chi connectivity index (χ3v) is 5.83. The largest absolute Gasteiger partial charge is 0.370 e. The fraction of sp³-hybridized carbons (Fsp3) is 0.533. The number of nitrogens with zero attached hydrogens (tertiary/aromatic N) is 2. The molecule has 0 aliphatic carbocycles. The SMILES string of the molecule is CCN(CCN1CC(S(=O)(=O)Cl)CC1=O)c1cccc(C)c1. The molecule has 1 unspecified atom stereocenters. The molecule has 1 amide bonds. The molecule has 1 fully saturated rings. The van der Waals surface area contributed by atoms with Gasteiger partial charge in [-0.15, -0.1) is 0 Å². The van der Waals surface area contributed by atoms with E-state index in [0.717, 1.165) is 12.2 Å². The zero-order valence-electron chi connectivity index (χ0n) is 12.8. The van der Waals surface area contributed by atoms with Gasteiger partial charge >= 0.3 is 0 Å². The summed E-state index contributed by atoms with van der Waals surface area (Å²) in [6.07, 6.45) is -0.0115. The lowest BCUT2D eigenvalue weighted by molar-refractivity contribution is -0.127. The van der Waals surface area contributed by atoms with E-state index in [-0.39, 0.29) is 18.9 Å². The van der Waals surface area contributed by atoms with Gasteiger partial charge in [-0.3, -0.25) is 4.79 Å². The molecule has 7 heteroatoms. The number of carbonyl (C=O) groups is 1. The molecule has 1 heterocycles. The van der Waals surface area contributed by atoms with Gasteiger partial charge in [0.25, 0.3) is 0 Å². The minimum atomic E-state index is -3.67. The first-order valence-electron chi connectivity index (χ1n) is 7.34. The van der Waals surface area contributed by atoms with Crippen molar-refractivity contribution in [2.24, 2.45) is 0 Å². The zero-order chi connectivity index (χ0) is 16.3. The van der Waals surface area contributed by atoms with Crippen LogP contribution in [0.2, 0.25) is 0 Å². The molecule has 22 heavy (non-hydrogen) atoms. The summed E-state index contributed by atoms with van der Waals surface area (Å²) < 4.78 is 22.7. The molecule has 1 atom stereocenters. The Bertz CT molecular complexity index is 648. The molecule has 122 valence electrons. The van der Waals surface area contributed by atoms with Gasteiger partial charge in [0.1, 0.15) is 5.25 Å². The van der Waals surface area contributed by atoms with Crippen molar-refractivity contribution in [3.63, 3.8) is 0 Å². The Kier molecular flexibility index (Phi) is 5.34. The van der Waals surface area contributed by atoms with Gasteiger partial charge in [-0.2, -0.15) is 0 Å². The van der Waals surface area contributed by atoms with Crippen LogP contribution in [0.4, 0.5) is 5.69 Å². The van der Waals surface area contributed by atoms with Crippen molar-refractivity contribution in [1.29, 1.82) is 0 Å². The molecular weight excluding hydrogens is 324 g/mol. The van der Waals surface area contributed by atoms with Crippen LogP contribution in [0.25, 0.3) is 0 Å². The molecule has 1 saturated heterocycles. The summed E-state index contributed by atoms with van der Waals surface area (Å²) >= 11 is 0. The Morgan fingerprint density at radius 2 is 2.14 bits per heavy atom. The molecule has 1 aromatic rings. The first kappa shape index (κ1) is 17.1. The molecule has 0 bridgehead atoms. The first-order valence-corrected chi connectivity index (χ1v) is 9.71. The number of halogens is 1. The van der Waals surface area contributed by atoms with E-state index >= 15 is 0 Å². The van der Waals surface area contributed by atoms with Gasteiger partial charge in [-0.1, -0.05) is 12.1 Å². The van der Waals surface area contributed by atoms with Crippen molar-refractivity contribution < 1.29 is 13.2 Å². The van der Waals surface area contributed by atoms with Gasteiger partial charge in [0.05, 0.1) is 0 Å². The van der Waals surface area contributed by atoms with E-state index in [4.69, 9.17) is 10.7 Å². The number of likely N-dealkylation sites (tertiary alicyclic amines) is 1. The molecular formula is C15H21ClN2O3S. The summed E-state index contributed by atoms with van der Waals surface area (Å²) in [6.45, 7) is 6.28. The summed E-state index contributed by atoms with van der Waals surface area (Å²) in [5.74, 6) is -0.144. The molecule has 1 aromatic carbocycles. The van der Waals surface area contributed by atoms with Crippen LogP contribution in [-0.2, 0) is 13.8 Å². The minimum Gasteiger partial charge on any atom is -0.370 e. The topological polar surface area (TPSA) is 57.7 Å². The van der Waals surface area contributed by atoms with Crippen molar-refractivity contribution >= 4 is 31.3 Å². The van der Waals surface area contributed by atoms with Gasteiger partial charge in [0.15, 0.2) is 0 Å². The highest BCUT2D eigenvalue weighted by molar-refractivity contribution is 8.14. The Morgan fingerprint density at radius 1 is 1.41 bits per heavy atom. The third-order valence-electron chi connectivity index (χ3n) is 3.97. The highest BCUT2D eigenvalue weighted by atomic mass is 35.7. The molecule has 0 saturated carbocycles. The van der Waals surface area contributed by atoms with Crippen molar-refractivity contribution in [2.45, 2.75) is 25.5 Å². The molecule has 0 N–H and O–H groups in total. The van der Waals surface area contributed by atoms with E-state index in [0.29, 0.717) is 13.1 Å². The first-order chi connectivity index (χ1) is 10.3. The number of anilines is 1. The monoisotopic (exact) mass is 344 g/mol. The quantitative estimate of drug-likeness (QED) is 0.740. The maximum atomic E-state index is 11.9. The number of rotatable bonds is 6. The molecule has 5 nitrogen and oxygen atoms in total. The fourth-order valence-corrected chi connectivity index (χ4v) is 3.73. The van der Waals surface area contributed by atoms with Crippen molar-refractivity contribution in [1.82, 2.24) is 4.90 Å². The van der Waals surface area contributed by atoms with Gasteiger partial charge in [0.2, 0.25) is 15.0 Å². The van der Waals surface area contributed by atoms with Crippen LogP contribution in [0.3, 0.4) is 0 Å². The molecule has 0 radical (unpaired) electrons. The van der Waals surface area contributed by atoms with E-state index in [1.54, 1.807) is 4.90 Å². The highest BCUT2D eigenvalue weighted by Crippen LogP contribution is 2.22. The molecule has 1 aliphatic rings. The lowest BCUT2D eigenvalue weighted by atomic mass is 10.2. The molecule has 1 aliphatic heterocycles. The normalized spacial score (nSPS) is 18.8. The molecule has 0 aromatic heterocycles. The second-order valence-electron chi connectivity index (χ2n) is 5.56. The van der Waals surface area contributed by atoms with Crippen molar-refractivity contribution in [3.8, 4) is 0 Å². The number of likely N-dealkylation sites (N-methyl/N-ethyl adjacent to an activating group) is 1. The fourth-order valence-electron chi connectivity index (χ4n) is 2.68. The highest BCUT2D eigenvalue weighted by Gasteiger charge is 2.37. The summed E-state index contributed by atoms with van der Waals surface area (Å²) in [4.78, 5) is 15.7. The van der Waals surface area contributed by atoms with E-state index < -0.39 is 14.3 Å². The van der Waals surface area contributed by atoms with E-state index in [2.05, 4.69) is 17.9 Å². The summed E-state index contributed by atoms with van der Waals surface area (Å²) in [6, 6.07) is 8.18. The maximum absolute atomic E-state index is 11.9. The maximum Gasteiger partial charge on any atom is 0.237 e. The number of benzene rings is 1. The second kappa shape index (κ2) is 6.87. The van der Waals surface area contributed by atoms with Crippen LogP contribution >= 0.6 is 10.7 Å². The number of amides is 1. The Morgan fingerprint density at radius 3 is 2.68 bits per heavy atom. The molecule has 0 spiro atoms. The van der Waals surface area contributed by atoms with Gasteiger partial charge < -0.3 is 9.80 Å². The predicted molar refractivity (Wildman–Crippen MR) is 88.8 cm³/mol. The van der Waals surface area contributed by atoms with Gasteiger partial charge in [-0.25, -0.2) is 8.42 Å². The Hall–Kier alpha value is -1.27. The van der Waals surface area contributed by atoms with Crippen molar-refractivity contribution in [3.05, 3.63) is 29.8 Å². The minimum absolute atomic E-state index is 0.0115. The smallest absolute Gasteiger partial charge is 0.237 e. The van der Waals surface area contributed by atoms with E-state index in [1.165, 1.54) is 5.56 Å². The van der Waals surface area contributed by atoms with Crippen LogP contribution in [0, 0.1) is 6.92 Å². The van der Waals surface area contributed by atoms with Crippen LogP contribution in [0.5, 0.6) is 0 Å². The zero-order valence-corrected chi connectivity index (χ0v) is 14.4. The lowest BCUT2D eigenvalue weighted by Crippen LogP contribution is -2.36. The number of carbonyl (C=O) groups excluding carboxylic acids is 1. The van der Waals surface area contributed by atoms with Crippen molar-refractivity contribution in [2.75, 3.05) is 31.1 Å². The van der Waals surface area contributed by atoms with E-state index in [9.17, 15) is 13.2 Å². The molecule has 2 rings (SSSR count). The third kappa shape index (κ3) is 4.14. The summed E-state index contributed by atoms with van der Waals surface area (Å²) in [5.41, 5.74) is 2.29. The predicted octanol–water partition coefficient (Wildman–Crippen LogP) is 1.99. The van der Waals surface area contributed by atoms with Crippen LogP contribution < -0.4 is 4.90 Å². The standard InChI is InChI=1S/C15H21ClN2O3S/c1-3-17(13-6-4-5-12(2)9-13)7-8-18-11-14(10-15(18)19)22(16,20)21/h4-6,9,14H,3,7-8,10-11H2,1-2H3. The average molecular weight is 345 g/mol. The number of hydrogen-bond donors (Lipinski definition) is 0. The summed E-state index contributed by atoms with van der Waals surface area (Å²) in [5, 5.41) is -0.782. The van der Waals surface area contributed by atoms with E-state index in [1.807, 2.05) is 25.1 Å². The van der Waals surface area contributed by atoms with Gasteiger partial charge in [-0.05, 0) is 31.5 Å². The number of aryl methyl sites for hydroxylation is 1. The number of hydrogen-bond acceptors (Lipinski definition) is 4. The van der Waals surface area contributed by atoms with Crippen LogP contribution in [0.15, 0.2) is 24.3 Å². The van der Waals surface area contributed by atoms with Crippen LogP contribution in [-0.4, -0.2) is 50.7 Å². The Labute approximate surface area is 136 Å².